The molecule has 0 radical (unpaired) electrons. The van der Waals surface area contributed by atoms with Crippen molar-refractivity contribution in [1.82, 2.24) is 49.7 Å². The van der Waals surface area contributed by atoms with Crippen molar-refractivity contribution in [3.8, 4) is 45.1 Å². The monoisotopic (exact) mass is 904 g/mol. The van der Waals surface area contributed by atoms with Gasteiger partial charge in [-0.2, -0.15) is 0 Å². The molecular formula is C53H52N12O3. The van der Waals surface area contributed by atoms with Crippen LogP contribution in [-0.4, -0.2) is 68.7 Å². The molecule has 4 N–H and O–H groups in total. The first-order valence-electron chi connectivity index (χ1n) is 23.0. The summed E-state index contributed by atoms with van der Waals surface area (Å²) in [6, 6.07) is 31.0. The van der Waals surface area contributed by atoms with E-state index in [2.05, 4.69) is 102 Å². The van der Waals surface area contributed by atoms with Crippen molar-refractivity contribution in [2.45, 2.75) is 65.1 Å². The van der Waals surface area contributed by atoms with Crippen molar-refractivity contribution < 1.29 is 14.3 Å². The summed E-state index contributed by atoms with van der Waals surface area (Å²) >= 11 is 0. The number of amides is 1. The smallest absolute Gasteiger partial charge is 0.250 e. The average molecular weight is 905 g/mol. The predicted octanol–water partition coefficient (Wildman–Crippen LogP) is 9.67. The molecule has 10 rings (SSSR count). The normalized spacial score (nSPS) is 13.0. The Morgan fingerprint density at radius 1 is 0.618 bits per heavy atom. The number of H-pyrrole nitrogens is 2. The van der Waals surface area contributed by atoms with Crippen LogP contribution in [0.4, 0.5) is 11.9 Å². The third-order valence-electron chi connectivity index (χ3n) is 12.2. The standard InChI is InChI=1S/C53H52N12O3/c1-4-22-64(34(3)49(35-14-8-6-9-15-35)62-52-54-18-12-19-55-52)30-45-58-28-41(60-45)37-24-39-32-68-44-27-38(25-40-33-67-43(26-37)47(39)48(40)44)42-29-59-46(61-42)31-65(23-5-2)51(66)50(36-16-10-7-11-17-36)63-53-56-20-13-21-57-53/h6-21,24-29,49-50H,3-5,22-23,30-33H2,1-2H3,(H,58,60)(H,59,61)(H,54,55,62)(H,56,57,63)/t49-,50+/m0/s1. The van der Waals surface area contributed by atoms with Gasteiger partial charge in [-0.15, -0.1) is 0 Å². The molecule has 15 nitrogen and oxygen atoms in total. The Kier molecular flexibility index (Phi) is 12.6. The lowest BCUT2D eigenvalue weighted by atomic mass is 9.87. The molecule has 0 aliphatic carbocycles. The molecule has 2 aliphatic rings. The highest BCUT2D eigenvalue weighted by atomic mass is 16.5. The van der Waals surface area contributed by atoms with Crippen molar-refractivity contribution in [2.24, 2.45) is 0 Å². The largest absolute Gasteiger partial charge is 0.488 e. The maximum absolute atomic E-state index is 14.3. The minimum Gasteiger partial charge on any atom is -0.488 e. The molecular weight excluding hydrogens is 853 g/mol. The van der Waals surface area contributed by atoms with Gasteiger partial charge >= 0.3 is 0 Å². The second kappa shape index (κ2) is 19.6. The van der Waals surface area contributed by atoms with Crippen LogP contribution in [0.15, 0.2) is 147 Å². The third-order valence-corrected chi connectivity index (χ3v) is 12.2. The Hall–Kier alpha value is -8.33. The first-order chi connectivity index (χ1) is 33.4. The number of nitrogens with zero attached hydrogens (tertiary/aromatic N) is 8. The lowest BCUT2D eigenvalue weighted by Gasteiger charge is -2.32. The van der Waals surface area contributed by atoms with E-state index in [4.69, 9.17) is 19.4 Å². The highest BCUT2D eigenvalue weighted by Crippen LogP contribution is 2.50. The van der Waals surface area contributed by atoms with Gasteiger partial charge in [-0.25, -0.2) is 29.9 Å². The van der Waals surface area contributed by atoms with Gasteiger partial charge in [0.05, 0.1) is 42.9 Å². The Balaban J connectivity index is 0.859. The summed E-state index contributed by atoms with van der Waals surface area (Å²) in [5.74, 6) is 3.91. The minimum atomic E-state index is -0.683. The summed E-state index contributed by atoms with van der Waals surface area (Å²) in [5, 5.41) is 6.76. The molecule has 8 aromatic rings. The van der Waals surface area contributed by atoms with Crippen LogP contribution >= 0.6 is 0 Å². The number of aromatic nitrogens is 8. The SMILES string of the molecule is C=C([C@H](Nc1ncccn1)c1ccccc1)N(CCC)Cc1ncc(-c2cc3c4c(c2)OCc2cc(-c5cnc(CN(CCC)C(=O)[C@H](Nc6ncccn6)c6ccccc6)[nH]5)cc(c2-4)OC3)[nH]1. The van der Waals surface area contributed by atoms with Crippen LogP contribution in [0, 0.1) is 0 Å². The highest BCUT2D eigenvalue weighted by Gasteiger charge is 2.31. The maximum Gasteiger partial charge on any atom is 0.250 e. The van der Waals surface area contributed by atoms with Gasteiger partial charge in [-0.1, -0.05) is 81.1 Å². The van der Waals surface area contributed by atoms with Crippen molar-refractivity contribution in [1.29, 1.82) is 0 Å². The zero-order chi connectivity index (χ0) is 46.4. The van der Waals surface area contributed by atoms with Gasteiger partial charge < -0.3 is 39.9 Å². The Morgan fingerprint density at radius 3 is 1.57 bits per heavy atom. The van der Waals surface area contributed by atoms with E-state index in [1.165, 1.54) is 0 Å². The fourth-order valence-corrected chi connectivity index (χ4v) is 8.97. The molecule has 6 heterocycles. The number of hydrogen-bond acceptors (Lipinski definition) is 12. The quantitative estimate of drug-likeness (QED) is 0.0606. The van der Waals surface area contributed by atoms with Crippen LogP contribution in [0.1, 0.15) is 72.7 Å². The second-order valence-corrected chi connectivity index (χ2v) is 16.9. The number of ether oxygens (including phenoxy) is 2. The van der Waals surface area contributed by atoms with Crippen LogP contribution in [-0.2, 0) is 31.1 Å². The van der Waals surface area contributed by atoms with Crippen LogP contribution in [0.2, 0.25) is 0 Å². The molecule has 0 bridgehead atoms. The van der Waals surface area contributed by atoms with Gasteiger partial charge in [-0.3, -0.25) is 4.79 Å². The number of hydrogen-bond donors (Lipinski definition) is 4. The highest BCUT2D eigenvalue weighted by molar-refractivity contribution is 5.89. The van der Waals surface area contributed by atoms with E-state index < -0.39 is 6.04 Å². The molecule has 68 heavy (non-hydrogen) atoms. The van der Waals surface area contributed by atoms with E-state index in [1.807, 2.05) is 65.8 Å². The zero-order valence-corrected chi connectivity index (χ0v) is 38.0. The molecule has 0 saturated carbocycles. The van der Waals surface area contributed by atoms with Crippen LogP contribution in [0.3, 0.4) is 0 Å². The van der Waals surface area contributed by atoms with E-state index in [0.29, 0.717) is 50.6 Å². The second-order valence-electron chi connectivity index (χ2n) is 16.9. The van der Waals surface area contributed by atoms with Gasteiger partial charge in [0.25, 0.3) is 0 Å². The topological polar surface area (TPSA) is 175 Å². The molecule has 0 unspecified atom stereocenters. The number of nitrogens with one attached hydrogen (secondary N) is 4. The van der Waals surface area contributed by atoms with Gasteiger partial charge in [0.2, 0.25) is 17.8 Å². The minimum absolute atomic E-state index is 0.0981. The van der Waals surface area contributed by atoms with Gasteiger partial charge in [-0.05, 0) is 60.4 Å². The zero-order valence-electron chi connectivity index (χ0n) is 38.0. The Bertz CT molecular complexity index is 2760. The van der Waals surface area contributed by atoms with Gasteiger partial charge in [0, 0.05) is 77.0 Å². The van der Waals surface area contributed by atoms with Crippen LogP contribution < -0.4 is 20.1 Å². The Morgan fingerprint density at radius 2 is 1.07 bits per heavy atom. The number of carbonyl (C=O) groups excluding carboxylic acids is 1. The fourth-order valence-electron chi connectivity index (χ4n) is 8.97. The number of aromatic amines is 2. The molecule has 342 valence electrons. The molecule has 4 aromatic carbocycles. The molecule has 2 atom stereocenters. The van der Waals surface area contributed by atoms with E-state index in [9.17, 15) is 4.79 Å². The molecule has 15 heteroatoms. The number of anilines is 2. The first kappa shape index (κ1) is 43.6. The van der Waals surface area contributed by atoms with E-state index >= 15 is 0 Å². The third kappa shape index (κ3) is 9.23. The summed E-state index contributed by atoms with van der Waals surface area (Å²) in [5.41, 5.74) is 10.5. The van der Waals surface area contributed by atoms with Crippen molar-refractivity contribution in [3.05, 3.63) is 180 Å². The van der Waals surface area contributed by atoms with Gasteiger partial charge in [0.1, 0.15) is 42.4 Å². The molecule has 2 aliphatic heterocycles. The first-order valence-corrected chi connectivity index (χ1v) is 23.0. The average Bonchev–Trinajstić information content (AvgIpc) is 4.07. The maximum atomic E-state index is 14.3. The van der Waals surface area contributed by atoms with E-state index in [1.54, 1.807) is 36.9 Å². The van der Waals surface area contributed by atoms with E-state index in [0.717, 1.165) is 98.3 Å². The van der Waals surface area contributed by atoms with Crippen LogP contribution in [0.25, 0.3) is 33.6 Å². The lowest BCUT2D eigenvalue weighted by Crippen LogP contribution is -2.38. The molecule has 4 aromatic heterocycles. The summed E-state index contributed by atoms with van der Waals surface area (Å²) in [6.45, 7) is 11.7. The Labute approximate surface area is 394 Å². The number of carbonyl (C=O) groups is 1. The van der Waals surface area contributed by atoms with Crippen molar-refractivity contribution in [2.75, 3.05) is 23.7 Å². The molecule has 0 saturated heterocycles. The predicted molar refractivity (Wildman–Crippen MR) is 261 cm³/mol. The summed E-state index contributed by atoms with van der Waals surface area (Å²) in [6.07, 6.45) is 12.2. The van der Waals surface area contributed by atoms with E-state index in [-0.39, 0.29) is 11.9 Å². The number of imidazole rings is 2. The lowest BCUT2D eigenvalue weighted by molar-refractivity contribution is -0.133. The molecule has 0 fully saturated rings. The van der Waals surface area contributed by atoms with Crippen molar-refractivity contribution in [3.63, 3.8) is 0 Å². The number of benzene rings is 4. The fraction of sp³-hybridized carbons (Fsp3) is 0.226. The van der Waals surface area contributed by atoms with Crippen LogP contribution in [0.5, 0.6) is 11.5 Å². The number of rotatable bonds is 19. The summed E-state index contributed by atoms with van der Waals surface area (Å²) < 4.78 is 13.0. The van der Waals surface area contributed by atoms with Gasteiger partial charge in [0.15, 0.2) is 0 Å². The molecule has 0 spiro atoms. The summed E-state index contributed by atoms with van der Waals surface area (Å²) in [7, 11) is 0. The summed E-state index contributed by atoms with van der Waals surface area (Å²) in [4.78, 5) is 52.6. The molecule has 1 amide bonds. The van der Waals surface area contributed by atoms with Crippen molar-refractivity contribution >= 4 is 17.8 Å².